The van der Waals surface area contributed by atoms with Crippen molar-refractivity contribution in [1.29, 1.82) is 0 Å². The van der Waals surface area contributed by atoms with Gasteiger partial charge in [-0.15, -0.1) is 27.7 Å². The van der Waals surface area contributed by atoms with Crippen LogP contribution in [0.4, 0.5) is 0 Å². The maximum atomic E-state index is 5.30. The second-order valence-electron chi connectivity index (χ2n) is 13.0. The van der Waals surface area contributed by atoms with Gasteiger partial charge in [-0.25, -0.2) is 15.0 Å². The van der Waals surface area contributed by atoms with Crippen molar-refractivity contribution < 1.29 is 0 Å². The molecule has 0 N–H and O–H groups in total. The molecule has 0 bridgehead atoms. The number of aromatic nitrogens is 4. The lowest BCUT2D eigenvalue weighted by atomic mass is 9.60. The minimum atomic E-state index is 0.679. The van der Waals surface area contributed by atoms with Crippen molar-refractivity contribution in [2.75, 3.05) is 0 Å². The molecule has 9 rings (SSSR count). The van der Waals surface area contributed by atoms with Crippen LogP contribution in [0.15, 0.2) is 115 Å². The first-order valence-electron chi connectivity index (χ1n) is 16.7. The largest absolute Gasteiger partial charge is 0.308 e. The molecule has 49 heavy (non-hydrogen) atoms. The van der Waals surface area contributed by atoms with Gasteiger partial charge in [-0.3, -0.25) is 0 Å². The summed E-state index contributed by atoms with van der Waals surface area (Å²) in [5.74, 6) is 2.08. The van der Waals surface area contributed by atoms with E-state index in [1.165, 1.54) is 75.0 Å². The zero-order chi connectivity index (χ0) is 33.4. The number of nitrogens with zero attached hydrogens (tertiary/aromatic N) is 4. The highest BCUT2D eigenvalue weighted by Crippen LogP contribution is 2.43. The molecule has 9 aromatic rings. The quantitative estimate of drug-likeness (QED) is 0.275. The highest BCUT2D eigenvalue weighted by Gasteiger charge is 2.22. The van der Waals surface area contributed by atoms with Crippen LogP contribution in [0, 0.1) is 0 Å². The Balaban J connectivity index is 1.33. The van der Waals surface area contributed by atoms with Gasteiger partial charge in [0.25, 0.3) is 0 Å². The third-order valence-corrected chi connectivity index (χ3v) is 11.6. The van der Waals surface area contributed by atoms with Gasteiger partial charge in [0.2, 0.25) is 0 Å². The summed E-state index contributed by atoms with van der Waals surface area (Å²) >= 11 is 1.83. The molecule has 0 atom stereocenters. The first kappa shape index (κ1) is 29.8. The zero-order valence-corrected chi connectivity index (χ0v) is 29.0. The van der Waals surface area contributed by atoms with Gasteiger partial charge in [-0.2, -0.15) is 0 Å². The molecular formula is C39H29B5N4S. The molecule has 3 heterocycles. The molecule has 0 aliphatic heterocycles. The van der Waals surface area contributed by atoms with Crippen LogP contribution in [0.5, 0.6) is 0 Å². The van der Waals surface area contributed by atoms with Crippen molar-refractivity contribution in [1.82, 2.24) is 19.5 Å². The van der Waals surface area contributed by atoms with Crippen LogP contribution in [0.25, 0.3) is 81.8 Å². The molecule has 10 heteroatoms. The van der Waals surface area contributed by atoms with Crippen LogP contribution < -0.4 is 27.3 Å². The van der Waals surface area contributed by atoms with Gasteiger partial charge in [0.15, 0.2) is 17.5 Å². The number of fused-ring (bicyclic) bond motifs is 6. The summed E-state index contributed by atoms with van der Waals surface area (Å²) in [5.41, 5.74) is 13.0. The Labute approximate surface area is 293 Å². The molecule has 0 aliphatic carbocycles. The molecule has 0 aliphatic rings. The molecule has 4 nitrogen and oxygen atoms in total. The average Bonchev–Trinajstić information content (AvgIpc) is 3.70. The summed E-state index contributed by atoms with van der Waals surface area (Å²) in [6.45, 7) is 0. The van der Waals surface area contributed by atoms with Crippen LogP contribution in [-0.4, -0.2) is 58.8 Å². The number of hydrogen-bond donors (Lipinski definition) is 0. The molecule has 6 aromatic carbocycles. The highest BCUT2D eigenvalue weighted by atomic mass is 32.1. The Hall–Kier alpha value is -5.33. The van der Waals surface area contributed by atoms with E-state index in [9.17, 15) is 0 Å². The molecule has 0 radical (unpaired) electrons. The van der Waals surface area contributed by atoms with Gasteiger partial charge in [-0.05, 0) is 24.3 Å². The second-order valence-corrected chi connectivity index (χ2v) is 14.0. The number of thiophene rings is 1. The average molecular weight is 640 g/mol. The fraction of sp³-hybridized carbons (Fsp3) is 0. The van der Waals surface area contributed by atoms with Crippen LogP contribution in [0.3, 0.4) is 0 Å². The van der Waals surface area contributed by atoms with E-state index >= 15 is 0 Å². The summed E-state index contributed by atoms with van der Waals surface area (Å²) in [7, 11) is 11.0. The first-order chi connectivity index (χ1) is 23.9. The standard InChI is InChI=1S/C39H29B5N4S/c40-31-30(32(41)34(43)35(44)33(31)42)39-46-37(20-10-2-1-3-11-20)45-38(47-39)24-15-9-19-28-29(24)23-14-8-18-27(36(23)49-28)48-25-16-6-4-12-21(25)22-13-5-7-17-26(22)48/h1-19H,40-44H2. The number of para-hydroxylation sites is 2. The van der Waals surface area contributed by atoms with Gasteiger partial charge in [0, 0.05) is 42.9 Å². The van der Waals surface area contributed by atoms with Crippen molar-refractivity contribution in [3.63, 3.8) is 0 Å². The lowest BCUT2D eigenvalue weighted by Crippen LogP contribution is -2.55. The monoisotopic (exact) mass is 640 g/mol. The molecule has 0 spiro atoms. The molecule has 0 unspecified atom stereocenters. The number of rotatable bonds is 4. The Morgan fingerprint density at radius 1 is 0.469 bits per heavy atom. The normalized spacial score (nSPS) is 11.7. The smallest absolute Gasteiger partial charge is 0.164 e. The van der Waals surface area contributed by atoms with E-state index < -0.39 is 0 Å². The topological polar surface area (TPSA) is 43.6 Å². The summed E-state index contributed by atoms with van der Waals surface area (Å²) in [6.07, 6.45) is 0. The van der Waals surface area contributed by atoms with E-state index in [1.54, 1.807) is 0 Å². The summed E-state index contributed by atoms with van der Waals surface area (Å²) in [5, 5.41) is 4.89. The van der Waals surface area contributed by atoms with Gasteiger partial charge >= 0.3 is 0 Å². The Morgan fingerprint density at radius 3 is 1.71 bits per heavy atom. The number of hydrogen-bond acceptors (Lipinski definition) is 4. The Morgan fingerprint density at radius 2 is 1.02 bits per heavy atom. The predicted octanol–water partition coefficient (Wildman–Crippen LogP) is 1.63. The van der Waals surface area contributed by atoms with E-state index in [0.717, 1.165) is 16.7 Å². The van der Waals surface area contributed by atoms with E-state index in [4.69, 9.17) is 15.0 Å². The molecule has 3 aromatic heterocycles. The van der Waals surface area contributed by atoms with Gasteiger partial charge in [-0.1, -0.05) is 102 Å². The predicted molar refractivity (Wildman–Crippen MR) is 224 cm³/mol. The summed E-state index contributed by atoms with van der Waals surface area (Å²) in [6, 6.07) is 40.9. The molecule has 0 fully saturated rings. The first-order valence-corrected chi connectivity index (χ1v) is 17.5. The van der Waals surface area contributed by atoms with Crippen molar-refractivity contribution in [3.8, 4) is 39.9 Å². The van der Waals surface area contributed by atoms with E-state index in [0.29, 0.717) is 17.5 Å². The fourth-order valence-electron chi connectivity index (χ4n) is 7.54. The van der Waals surface area contributed by atoms with Crippen LogP contribution >= 0.6 is 11.3 Å². The minimum Gasteiger partial charge on any atom is -0.308 e. The van der Waals surface area contributed by atoms with Crippen LogP contribution in [0.2, 0.25) is 0 Å². The highest BCUT2D eigenvalue weighted by molar-refractivity contribution is 7.26. The van der Waals surface area contributed by atoms with E-state index in [1.807, 2.05) is 29.5 Å². The fourth-order valence-corrected chi connectivity index (χ4v) is 8.77. The lowest BCUT2D eigenvalue weighted by Gasteiger charge is -2.20. The summed E-state index contributed by atoms with van der Waals surface area (Å²) in [4.78, 5) is 15.6. The molecule has 0 saturated carbocycles. The maximum absolute atomic E-state index is 5.30. The Bertz CT molecular complexity index is 2710. The van der Waals surface area contributed by atoms with Gasteiger partial charge < -0.3 is 4.57 Å². The van der Waals surface area contributed by atoms with Crippen molar-refractivity contribution in [2.24, 2.45) is 0 Å². The molecular weight excluding hydrogens is 611 g/mol. The van der Waals surface area contributed by atoms with Crippen molar-refractivity contribution >= 4 is 120 Å². The van der Waals surface area contributed by atoms with Gasteiger partial charge in [0.1, 0.15) is 39.2 Å². The SMILES string of the molecule is Bc1c(B)c(B)c(-c2nc(-c3ccccc3)nc(-c3cccc4sc5c(-n6c7ccccc7c7ccccc76)cccc5c34)n2)c(B)c1B. The van der Waals surface area contributed by atoms with Gasteiger partial charge in [0.05, 0.1) is 21.4 Å². The molecule has 0 amide bonds. The van der Waals surface area contributed by atoms with Crippen LogP contribution in [0.1, 0.15) is 0 Å². The molecule has 226 valence electrons. The Kier molecular flexibility index (Phi) is 6.92. The lowest BCUT2D eigenvalue weighted by molar-refractivity contribution is 1.08. The van der Waals surface area contributed by atoms with Crippen molar-refractivity contribution in [3.05, 3.63) is 115 Å². The van der Waals surface area contributed by atoms with Crippen LogP contribution in [-0.2, 0) is 0 Å². The third-order valence-electron chi connectivity index (χ3n) is 10.5. The van der Waals surface area contributed by atoms with E-state index in [-0.39, 0.29) is 0 Å². The zero-order valence-electron chi connectivity index (χ0n) is 28.2. The maximum Gasteiger partial charge on any atom is 0.164 e. The third kappa shape index (κ3) is 4.54. The minimum absolute atomic E-state index is 0.679. The van der Waals surface area contributed by atoms with E-state index in [2.05, 4.69) is 141 Å². The summed E-state index contributed by atoms with van der Waals surface area (Å²) < 4.78 is 4.87. The molecule has 0 saturated heterocycles. The second kappa shape index (κ2) is 11.4. The van der Waals surface area contributed by atoms with Crippen molar-refractivity contribution in [2.45, 2.75) is 0 Å². The number of benzene rings is 6.